The number of rotatable bonds is 8. The fourth-order valence-corrected chi connectivity index (χ4v) is 14.7. The molecule has 8 aliphatic rings. The van der Waals surface area contributed by atoms with Crippen LogP contribution in [0.2, 0.25) is 0 Å². The third kappa shape index (κ3) is 5.28. The smallest absolute Gasteiger partial charge is 0.223 e. The van der Waals surface area contributed by atoms with Crippen LogP contribution in [-0.4, -0.2) is 72.9 Å². The molecular weight excluding hydrogens is 662 g/mol. The van der Waals surface area contributed by atoms with Crippen LogP contribution in [0.5, 0.6) is 0 Å². The zero-order chi connectivity index (χ0) is 36.4. The van der Waals surface area contributed by atoms with Gasteiger partial charge in [0.15, 0.2) is 6.29 Å². The summed E-state index contributed by atoms with van der Waals surface area (Å²) in [4.78, 5) is 14.9. The first kappa shape index (κ1) is 36.0. The summed E-state index contributed by atoms with van der Waals surface area (Å²) in [5.41, 5.74) is 0.908. The maximum atomic E-state index is 13.8. The van der Waals surface area contributed by atoms with Gasteiger partial charge in [-0.05, 0) is 133 Å². The Bertz CT molecular complexity index is 1550. The molecule has 4 unspecified atom stereocenters. The molecule has 6 aliphatic carbocycles. The van der Waals surface area contributed by atoms with Crippen molar-refractivity contribution in [1.29, 1.82) is 0 Å². The Hall–Kier alpha value is -1.65. The molecule has 2 spiro atoms. The average Bonchev–Trinajstić information content (AvgIpc) is 4.01. The summed E-state index contributed by atoms with van der Waals surface area (Å²) in [5, 5.41) is 15.9. The number of aliphatic hydroxyl groups is 1. The number of nitrogens with one attached hydrogen (secondary N) is 1. The van der Waals surface area contributed by atoms with E-state index in [0.717, 1.165) is 38.2 Å². The number of benzene rings is 1. The van der Waals surface area contributed by atoms with Crippen LogP contribution in [-0.2, 0) is 25.5 Å². The van der Waals surface area contributed by atoms with Gasteiger partial charge in [-0.3, -0.25) is 4.79 Å². The monoisotopic (exact) mass is 724 g/mol. The molecule has 0 bridgehead atoms. The second-order valence-electron chi connectivity index (χ2n) is 20.0. The summed E-state index contributed by atoms with van der Waals surface area (Å²) in [6.07, 6.45) is 11.1. The Morgan fingerprint density at radius 2 is 1.73 bits per heavy atom. The topological polar surface area (TPSA) is 80.3 Å². The van der Waals surface area contributed by atoms with Gasteiger partial charge < -0.3 is 29.5 Å². The van der Waals surface area contributed by atoms with Gasteiger partial charge in [-0.25, -0.2) is 8.78 Å². The van der Waals surface area contributed by atoms with Crippen LogP contribution < -0.4 is 5.32 Å². The van der Waals surface area contributed by atoms with E-state index in [9.17, 15) is 18.7 Å². The Labute approximate surface area is 309 Å². The van der Waals surface area contributed by atoms with Crippen molar-refractivity contribution in [3.8, 4) is 0 Å². The van der Waals surface area contributed by atoms with E-state index in [-0.39, 0.29) is 52.2 Å². The highest BCUT2D eigenvalue weighted by molar-refractivity contribution is 5.76. The lowest BCUT2D eigenvalue weighted by atomic mass is 9.41. The molecule has 6 saturated carbocycles. The molecule has 2 heterocycles. The molecule has 9 rings (SSSR count). The molecule has 13 atom stereocenters. The fourth-order valence-electron chi connectivity index (χ4n) is 14.7. The van der Waals surface area contributed by atoms with Gasteiger partial charge in [0.25, 0.3) is 0 Å². The molecule has 1 aromatic rings. The van der Waals surface area contributed by atoms with Crippen molar-refractivity contribution in [3.63, 3.8) is 0 Å². The number of fused-ring (bicyclic) bond motifs is 4. The third-order valence-electron chi connectivity index (χ3n) is 17.3. The van der Waals surface area contributed by atoms with Crippen molar-refractivity contribution in [2.75, 3.05) is 26.2 Å². The van der Waals surface area contributed by atoms with Crippen LogP contribution in [0.3, 0.4) is 0 Å². The number of ether oxygens (including phenoxy) is 3. The average molecular weight is 725 g/mol. The van der Waals surface area contributed by atoms with E-state index >= 15 is 0 Å². The van der Waals surface area contributed by atoms with Crippen LogP contribution >= 0.6 is 0 Å². The zero-order valence-corrected chi connectivity index (χ0v) is 32.1. The maximum Gasteiger partial charge on any atom is 0.223 e. The number of halogens is 2. The van der Waals surface area contributed by atoms with Crippen molar-refractivity contribution in [1.82, 2.24) is 10.2 Å². The standard InChI is InChI=1S/C43H62F2N2O5/c1-25-16-30(22-46-21-27-17-28(44)20-29(45)18-27)51-37-36(25)40(4)12-13-43-24-42(43)11-10-33(39(2,3)31(42)8-9-32(43)41(40,5)38(37)49)52-35-23-47(14-15-50-35)34(48)19-26-6-7-26/h17-18,20,25-26,30-33,35-38,46,49H,6-16,19,21-24H2,1-5H3/t25-,30?,31+,32?,33?,35+,36+,37?,38+,40-,41-,42-,43+/m1/s1. The molecule has 1 aromatic carbocycles. The van der Waals surface area contributed by atoms with Crippen LogP contribution in [0.15, 0.2) is 18.2 Å². The van der Waals surface area contributed by atoms with Gasteiger partial charge in [0, 0.05) is 37.5 Å². The summed E-state index contributed by atoms with van der Waals surface area (Å²) >= 11 is 0. The van der Waals surface area contributed by atoms with E-state index in [2.05, 4.69) is 39.9 Å². The highest BCUT2D eigenvalue weighted by Crippen LogP contribution is 2.89. The molecule has 2 saturated heterocycles. The second kappa shape index (κ2) is 12.4. The van der Waals surface area contributed by atoms with E-state index in [0.29, 0.717) is 79.8 Å². The van der Waals surface area contributed by atoms with Gasteiger partial charge in [0.1, 0.15) is 11.6 Å². The van der Waals surface area contributed by atoms with Crippen molar-refractivity contribution in [3.05, 3.63) is 35.4 Å². The largest absolute Gasteiger partial charge is 0.390 e. The van der Waals surface area contributed by atoms with E-state index in [1.165, 1.54) is 44.2 Å². The Morgan fingerprint density at radius 3 is 2.48 bits per heavy atom. The van der Waals surface area contributed by atoms with Crippen LogP contribution in [0.1, 0.15) is 111 Å². The van der Waals surface area contributed by atoms with Gasteiger partial charge in [0.05, 0.1) is 37.6 Å². The maximum absolute atomic E-state index is 13.8. The predicted octanol–water partition coefficient (Wildman–Crippen LogP) is 7.24. The van der Waals surface area contributed by atoms with E-state index in [1.807, 2.05) is 4.90 Å². The minimum Gasteiger partial charge on any atom is -0.390 e. The summed E-state index contributed by atoms with van der Waals surface area (Å²) in [6.45, 7) is 14.9. The van der Waals surface area contributed by atoms with Gasteiger partial charge >= 0.3 is 0 Å². The Balaban J connectivity index is 0.886. The van der Waals surface area contributed by atoms with Crippen molar-refractivity contribution in [2.45, 2.75) is 142 Å². The molecule has 8 fully saturated rings. The van der Waals surface area contributed by atoms with Gasteiger partial charge in [-0.2, -0.15) is 0 Å². The summed E-state index contributed by atoms with van der Waals surface area (Å²) in [7, 11) is 0. The van der Waals surface area contributed by atoms with E-state index in [1.54, 1.807) is 0 Å². The number of hydrogen-bond donors (Lipinski definition) is 2. The molecule has 7 nitrogen and oxygen atoms in total. The molecule has 0 radical (unpaired) electrons. The van der Waals surface area contributed by atoms with E-state index in [4.69, 9.17) is 14.2 Å². The van der Waals surface area contributed by atoms with Crippen molar-refractivity contribution in [2.24, 2.45) is 56.7 Å². The molecule has 9 heteroatoms. The summed E-state index contributed by atoms with van der Waals surface area (Å²) in [6, 6.07) is 3.65. The van der Waals surface area contributed by atoms with Crippen LogP contribution in [0, 0.1) is 68.3 Å². The molecule has 1 amide bonds. The molecule has 2 aliphatic heterocycles. The minimum absolute atomic E-state index is 0.00249. The lowest BCUT2D eigenvalue weighted by molar-refractivity contribution is -0.248. The number of amides is 1. The first-order valence-corrected chi connectivity index (χ1v) is 20.8. The third-order valence-corrected chi connectivity index (χ3v) is 17.3. The predicted molar refractivity (Wildman–Crippen MR) is 193 cm³/mol. The number of nitrogens with zero attached hydrogens (tertiary/aromatic N) is 1. The number of carbonyl (C=O) groups excluding carboxylic acids is 1. The van der Waals surface area contributed by atoms with Gasteiger partial charge in [0.2, 0.25) is 5.91 Å². The minimum atomic E-state index is -0.562. The SMILES string of the molecule is C[C@@H]1CC(CNCc2cc(F)cc(F)c2)OC2[C@H]1[C@@]1(C)CC[C@@]34C[C@@]35CCC(O[C@H]3CN(C(=O)CC6CC6)CCO3)C(C)(C)[C@@H]5CCC4[C@]1(C)[C@H]2O. The summed E-state index contributed by atoms with van der Waals surface area (Å²) in [5.74, 6) is 1.47. The van der Waals surface area contributed by atoms with Crippen LogP contribution in [0.25, 0.3) is 0 Å². The molecule has 0 aromatic heterocycles. The van der Waals surface area contributed by atoms with Gasteiger partial charge in [-0.1, -0.05) is 34.6 Å². The summed E-state index contributed by atoms with van der Waals surface area (Å²) < 4.78 is 47.4. The van der Waals surface area contributed by atoms with Crippen molar-refractivity contribution < 1.29 is 32.9 Å². The quantitative estimate of drug-likeness (QED) is 0.295. The van der Waals surface area contributed by atoms with Gasteiger partial charge in [-0.15, -0.1) is 0 Å². The number of carbonyl (C=O) groups is 1. The zero-order valence-electron chi connectivity index (χ0n) is 32.1. The number of hydrogen-bond acceptors (Lipinski definition) is 6. The first-order chi connectivity index (χ1) is 24.7. The highest BCUT2D eigenvalue weighted by atomic mass is 19.1. The number of morpholine rings is 1. The molecular formula is C43H62F2N2O5. The first-order valence-electron chi connectivity index (χ1n) is 20.8. The Morgan fingerprint density at radius 1 is 1.00 bits per heavy atom. The number of aliphatic hydroxyl groups excluding tert-OH is 1. The second-order valence-corrected chi connectivity index (χ2v) is 20.0. The van der Waals surface area contributed by atoms with Crippen LogP contribution in [0.4, 0.5) is 8.78 Å². The van der Waals surface area contributed by atoms with Crippen molar-refractivity contribution >= 4 is 5.91 Å². The molecule has 288 valence electrons. The fraction of sp³-hybridized carbons (Fsp3) is 0.837. The highest BCUT2D eigenvalue weighted by Gasteiger charge is 2.84. The molecule has 52 heavy (non-hydrogen) atoms. The normalized spacial score (nSPS) is 47.5. The lowest BCUT2D eigenvalue weighted by Gasteiger charge is -2.64. The lowest BCUT2D eigenvalue weighted by Crippen LogP contribution is -2.60. The van der Waals surface area contributed by atoms with E-state index < -0.39 is 17.7 Å². The molecule has 2 N–H and O–H groups in total. The Kier molecular flexibility index (Phi) is 8.61.